The maximum absolute atomic E-state index is 12.9. The van der Waals surface area contributed by atoms with Gasteiger partial charge in [0.25, 0.3) is 6.29 Å². The molecule has 0 saturated heterocycles. The first-order valence-corrected chi connectivity index (χ1v) is 31.0. The van der Waals surface area contributed by atoms with Crippen LogP contribution in [0.3, 0.4) is 0 Å². The van der Waals surface area contributed by atoms with Crippen LogP contribution in [0.25, 0.3) is 0 Å². The Morgan fingerprint density at radius 1 is 0.417 bits per heavy atom. The number of esters is 2. The van der Waals surface area contributed by atoms with E-state index in [4.69, 9.17) is 18.9 Å². The van der Waals surface area contributed by atoms with Gasteiger partial charge in [0, 0.05) is 12.8 Å². The van der Waals surface area contributed by atoms with Gasteiger partial charge < -0.3 is 28.5 Å². The van der Waals surface area contributed by atoms with E-state index in [0.717, 1.165) is 44.9 Å². The second-order valence-electron chi connectivity index (χ2n) is 22.4. The highest BCUT2D eigenvalue weighted by Gasteiger charge is 2.25. The molecule has 0 amide bonds. The zero-order valence-electron chi connectivity index (χ0n) is 48.4. The summed E-state index contributed by atoms with van der Waals surface area (Å²) in [5, 5.41) is 9.72. The Bertz CT molecular complexity index is 1230. The Hall–Kier alpha value is -2.23. The molecule has 72 heavy (non-hydrogen) atoms. The number of rotatable bonds is 58. The summed E-state index contributed by atoms with van der Waals surface area (Å²) in [6.45, 7) is 4.93. The van der Waals surface area contributed by atoms with Crippen molar-refractivity contribution in [1.29, 1.82) is 0 Å². The molecule has 0 aliphatic heterocycles. The standard InChI is InChI=1S/C63H119NO8/c1-6-8-10-12-14-16-18-20-22-24-26-28-30-31-32-34-36-38-40-42-44-46-48-50-52-54-61(66)72-59(58-71-63(62(67)68)69-56-55-64(3,4)5)57-70-60(65)53-51-49-47-45-43-41-39-37-35-33-29-27-25-23-21-19-17-15-13-11-9-7-2/h18,20,24,26,59,63H,6-17,19,21-23,25,27-58H2,1-5H3/p+1/b20-18-,26-24-. The third-order valence-corrected chi connectivity index (χ3v) is 14.0. The lowest BCUT2D eigenvalue weighted by Gasteiger charge is -2.25. The van der Waals surface area contributed by atoms with Crippen molar-refractivity contribution in [3.05, 3.63) is 24.3 Å². The van der Waals surface area contributed by atoms with Gasteiger partial charge in [-0.25, -0.2) is 4.79 Å². The summed E-state index contributed by atoms with van der Waals surface area (Å²) in [4.78, 5) is 37.5. The number of aliphatic carboxylic acids is 1. The number of hydrogen-bond donors (Lipinski definition) is 1. The van der Waals surface area contributed by atoms with E-state index >= 15 is 0 Å². The van der Waals surface area contributed by atoms with Gasteiger partial charge in [-0.15, -0.1) is 0 Å². The Labute approximate surface area is 446 Å². The van der Waals surface area contributed by atoms with Gasteiger partial charge >= 0.3 is 17.9 Å². The van der Waals surface area contributed by atoms with Gasteiger partial charge in [0.1, 0.15) is 13.2 Å². The summed E-state index contributed by atoms with van der Waals surface area (Å²) in [5.74, 6) is -1.98. The van der Waals surface area contributed by atoms with E-state index in [2.05, 4.69) is 38.2 Å². The molecule has 0 aromatic heterocycles. The number of carboxylic acids is 1. The molecule has 9 heteroatoms. The van der Waals surface area contributed by atoms with E-state index in [1.54, 1.807) is 0 Å². The van der Waals surface area contributed by atoms with Crippen LogP contribution in [0.1, 0.15) is 303 Å². The number of carboxylic acid groups (broad SMARTS) is 1. The molecule has 0 bridgehead atoms. The molecule has 0 aromatic rings. The SMILES string of the molecule is CCCCCCC/C=C\C/C=C\CCCCCCCCCCCCCCCC(=O)OC(COC(=O)CCCCCCCCCCCCCCCCCCCCCCCC)COC(OCC[N+](C)(C)C)C(=O)O. The molecule has 2 atom stereocenters. The van der Waals surface area contributed by atoms with E-state index in [9.17, 15) is 19.5 Å². The molecular weight excluding hydrogens is 899 g/mol. The van der Waals surface area contributed by atoms with E-state index in [1.807, 2.05) is 21.1 Å². The minimum Gasteiger partial charge on any atom is -0.477 e. The summed E-state index contributed by atoms with van der Waals surface area (Å²) in [7, 11) is 5.98. The number of carbonyl (C=O) groups excluding carboxylic acids is 2. The Balaban J connectivity index is 4.17. The Kier molecular flexibility index (Phi) is 53.3. The zero-order chi connectivity index (χ0) is 52.7. The van der Waals surface area contributed by atoms with Crippen molar-refractivity contribution in [2.24, 2.45) is 0 Å². The average molecular weight is 1020 g/mol. The van der Waals surface area contributed by atoms with E-state index in [0.29, 0.717) is 17.4 Å². The maximum atomic E-state index is 12.9. The third-order valence-electron chi connectivity index (χ3n) is 14.0. The molecule has 0 fully saturated rings. The number of likely N-dealkylation sites (N-methyl/N-ethyl adjacent to an activating group) is 1. The van der Waals surface area contributed by atoms with Crippen LogP contribution < -0.4 is 0 Å². The van der Waals surface area contributed by atoms with Crippen molar-refractivity contribution in [2.45, 2.75) is 315 Å². The second-order valence-corrected chi connectivity index (χ2v) is 22.4. The van der Waals surface area contributed by atoms with Crippen molar-refractivity contribution in [2.75, 3.05) is 47.5 Å². The molecule has 0 rings (SSSR count). The molecule has 0 spiro atoms. The van der Waals surface area contributed by atoms with Crippen molar-refractivity contribution in [1.82, 2.24) is 0 Å². The van der Waals surface area contributed by atoms with Gasteiger partial charge in [-0.2, -0.15) is 0 Å². The number of carbonyl (C=O) groups is 3. The Morgan fingerprint density at radius 3 is 1.10 bits per heavy atom. The normalized spacial score (nSPS) is 12.8. The van der Waals surface area contributed by atoms with Crippen molar-refractivity contribution < 1.29 is 42.9 Å². The quantitative estimate of drug-likeness (QED) is 0.0211. The van der Waals surface area contributed by atoms with Gasteiger partial charge in [0.05, 0.1) is 34.4 Å². The summed E-state index contributed by atoms with van der Waals surface area (Å²) >= 11 is 0. The largest absolute Gasteiger partial charge is 0.477 e. The van der Waals surface area contributed by atoms with Crippen LogP contribution in [0.15, 0.2) is 24.3 Å². The fraction of sp³-hybridized carbons (Fsp3) is 0.889. The average Bonchev–Trinajstić information content (AvgIpc) is 3.35. The zero-order valence-corrected chi connectivity index (χ0v) is 48.4. The van der Waals surface area contributed by atoms with E-state index in [-0.39, 0.29) is 38.2 Å². The van der Waals surface area contributed by atoms with Gasteiger partial charge in [0.2, 0.25) is 0 Å². The first-order chi connectivity index (χ1) is 35.1. The van der Waals surface area contributed by atoms with Crippen molar-refractivity contribution in [3.8, 4) is 0 Å². The number of nitrogens with zero attached hydrogens (tertiary/aromatic N) is 1. The molecule has 0 saturated carbocycles. The van der Waals surface area contributed by atoms with Crippen LogP contribution in [0.5, 0.6) is 0 Å². The number of quaternary nitrogens is 1. The maximum Gasteiger partial charge on any atom is 0.361 e. The van der Waals surface area contributed by atoms with Gasteiger partial charge in [-0.3, -0.25) is 9.59 Å². The molecule has 0 aromatic carbocycles. The third kappa shape index (κ3) is 55.5. The highest BCUT2D eigenvalue weighted by molar-refractivity contribution is 5.71. The fourth-order valence-corrected chi connectivity index (χ4v) is 9.16. The summed E-state index contributed by atoms with van der Waals surface area (Å²) in [5.41, 5.74) is 0. The fourth-order valence-electron chi connectivity index (χ4n) is 9.16. The Morgan fingerprint density at radius 2 is 0.750 bits per heavy atom. The van der Waals surface area contributed by atoms with E-state index in [1.165, 1.54) is 231 Å². The van der Waals surface area contributed by atoms with Crippen LogP contribution in [0, 0.1) is 0 Å². The van der Waals surface area contributed by atoms with Crippen LogP contribution in [0.2, 0.25) is 0 Å². The van der Waals surface area contributed by atoms with Gasteiger partial charge in [0.15, 0.2) is 6.10 Å². The predicted octanol–water partition coefficient (Wildman–Crippen LogP) is 18.3. The van der Waals surface area contributed by atoms with Crippen LogP contribution in [0.4, 0.5) is 0 Å². The number of hydrogen-bond acceptors (Lipinski definition) is 7. The lowest BCUT2D eigenvalue weighted by atomic mass is 10.0. The molecule has 0 radical (unpaired) electrons. The monoisotopic (exact) mass is 1020 g/mol. The van der Waals surface area contributed by atoms with Crippen LogP contribution in [-0.2, 0) is 33.3 Å². The smallest absolute Gasteiger partial charge is 0.361 e. The molecule has 1 N–H and O–H groups in total. The lowest BCUT2D eigenvalue weighted by molar-refractivity contribution is -0.870. The molecule has 0 aliphatic rings. The topological polar surface area (TPSA) is 108 Å². The van der Waals surface area contributed by atoms with Gasteiger partial charge in [-0.05, 0) is 44.9 Å². The molecule has 424 valence electrons. The molecule has 2 unspecified atom stereocenters. The summed E-state index contributed by atoms with van der Waals surface area (Å²) in [6.07, 6.45) is 62.6. The minimum atomic E-state index is -1.51. The van der Waals surface area contributed by atoms with Crippen molar-refractivity contribution >= 4 is 17.9 Å². The highest BCUT2D eigenvalue weighted by Crippen LogP contribution is 2.18. The summed E-state index contributed by atoms with van der Waals surface area (Å²) in [6, 6.07) is 0. The highest BCUT2D eigenvalue weighted by atomic mass is 16.7. The molecule has 0 heterocycles. The lowest BCUT2D eigenvalue weighted by Crippen LogP contribution is -2.40. The first kappa shape index (κ1) is 69.8. The van der Waals surface area contributed by atoms with E-state index < -0.39 is 18.4 Å². The molecule has 9 nitrogen and oxygen atoms in total. The minimum absolute atomic E-state index is 0.176. The van der Waals surface area contributed by atoms with Crippen LogP contribution >= 0.6 is 0 Å². The number of unbranched alkanes of at least 4 members (excludes halogenated alkanes) is 39. The molecular formula is C63H120NO8+. The summed E-state index contributed by atoms with van der Waals surface area (Å²) < 4.78 is 22.9. The number of ether oxygens (including phenoxy) is 4. The molecule has 0 aliphatic carbocycles. The van der Waals surface area contributed by atoms with Gasteiger partial charge in [-0.1, -0.05) is 269 Å². The first-order valence-electron chi connectivity index (χ1n) is 31.0. The van der Waals surface area contributed by atoms with Crippen molar-refractivity contribution in [3.63, 3.8) is 0 Å². The second kappa shape index (κ2) is 55.0. The van der Waals surface area contributed by atoms with Crippen LogP contribution in [-0.4, -0.2) is 87.4 Å². The predicted molar refractivity (Wildman–Crippen MR) is 304 cm³/mol. The number of allylic oxidation sites excluding steroid dienone is 4.